The first kappa shape index (κ1) is 12.7. The van der Waals surface area contributed by atoms with Gasteiger partial charge in [-0.2, -0.15) is 0 Å². The van der Waals surface area contributed by atoms with Crippen LogP contribution in [-0.4, -0.2) is 6.04 Å². The lowest BCUT2D eigenvalue weighted by molar-refractivity contribution is 0.280. The van der Waals surface area contributed by atoms with Crippen LogP contribution in [0.25, 0.3) is 0 Å². The highest BCUT2D eigenvalue weighted by Gasteiger charge is 2.24. The second kappa shape index (κ2) is 5.26. The molecule has 1 aromatic carbocycles. The zero-order valence-corrected chi connectivity index (χ0v) is 11.1. The highest BCUT2D eigenvalue weighted by Crippen LogP contribution is 2.31. The minimum atomic E-state index is -0.261. The van der Waals surface area contributed by atoms with E-state index in [9.17, 15) is 4.39 Å². The molecule has 1 aliphatic rings. The van der Waals surface area contributed by atoms with Crippen LogP contribution in [0.2, 0.25) is 5.02 Å². The van der Waals surface area contributed by atoms with Crippen molar-refractivity contribution in [2.45, 2.75) is 39.2 Å². The molecule has 2 rings (SSSR count). The maximum Gasteiger partial charge on any atom is 0.147 e. The van der Waals surface area contributed by atoms with Crippen LogP contribution in [0.1, 0.15) is 33.1 Å². The molecule has 3 heteroatoms. The standard InChI is InChI=1S/C14H19ClFN/c1-9-5-10(2)7-12(6-9)17-14-4-3-11(15)8-13(14)16/h3-4,8-10,12,17H,5-7H2,1-2H3. The number of hydrogen-bond acceptors (Lipinski definition) is 1. The Labute approximate surface area is 107 Å². The quantitative estimate of drug-likeness (QED) is 0.807. The summed E-state index contributed by atoms with van der Waals surface area (Å²) in [5, 5.41) is 3.75. The highest BCUT2D eigenvalue weighted by atomic mass is 35.5. The third-order valence-electron chi connectivity index (χ3n) is 3.47. The predicted octanol–water partition coefficient (Wildman–Crippen LogP) is 4.72. The number of anilines is 1. The van der Waals surface area contributed by atoms with Gasteiger partial charge in [0.05, 0.1) is 5.69 Å². The second-order valence-electron chi connectivity index (χ2n) is 5.38. The SMILES string of the molecule is CC1CC(C)CC(Nc2ccc(Cl)cc2F)C1. The van der Waals surface area contributed by atoms with E-state index < -0.39 is 0 Å². The molecular weight excluding hydrogens is 237 g/mol. The van der Waals surface area contributed by atoms with Gasteiger partial charge in [0.1, 0.15) is 5.82 Å². The van der Waals surface area contributed by atoms with E-state index in [-0.39, 0.29) is 5.82 Å². The van der Waals surface area contributed by atoms with Crippen LogP contribution in [0.4, 0.5) is 10.1 Å². The van der Waals surface area contributed by atoms with Gasteiger partial charge < -0.3 is 5.32 Å². The smallest absolute Gasteiger partial charge is 0.147 e. The van der Waals surface area contributed by atoms with Crippen molar-refractivity contribution in [1.29, 1.82) is 0 Å². The van der Waals surface area contributed by atoms with Crippen LogP contribution in [-0.2, 0) is 0 Å². The van der Waals surface area contributed by atoms with Gasteiger partial charge in [-0.25, -0.2) is 4.39 Å². The molecule has 0 spiro atoms. The Kier molecular flexibility index (Phi) is 3.93. The van der Waals surface area contributed by atoms with Crippen molar-refractivity contribution in [2.75, 3.05) is 5.32 Å². The lowest BCUT2D eigenvalue weighted by Gasteiger charge is -2.32. The van der Waals surface area contributed by atoms with Gasteiger partial charge in [0.25, 0.3) is 0 Å². The van der Waals surface area contributed by atoms with Crippen molar-refractivity contribution in [2.24, 2.45) is 11.8 Å². The summed E-state index contributed by atoms with van der Waals surface area (Å²) in [6.07, 6.45) is 3.51. The molecule has 0 aliphatic heterocycles. The van der Waals surface area contributed by atoms with Crippen molar-refractivity contribution >= 4 is 17.3 Å². The van der Waals surface area contributed by atoms with Gasteiger partial charge >= 0.3 is 0 Å². The van der Waals surface area contributed by atoms with E-state index in [0.29, 0.717) is 28.6 Å². The topological polar surface area (TPSA) is 12.0 Å². The zero-order valence-electron chi connectivity index (χ0n) is 10.3. The van der Waals surface area contributed by atoms with E-state index in [4.69, 9.17) is 11.6 Å². The summed E-state index contributed by atoms with van der Waals surface area (Å²) >= 11 is 5.74. The van der Waals surface area contributed by atoms with Gasteiger partial charge in [-0.05, 0) is 49.3 Å². The summed E-state index contributed by atoms with van der Waals surface area (Å²) in [6.45, 7) is 4.53. The summed E-state index contributed by atoms with van der Waals surface area (Å²) in [5.74, 6) is 1.17. The molecule has 0 heterocycles. The van der Waals surface area contributed by atoms with Crippen LogP contribution in [0.3, 0.4) is 0 Å². The lowest BCUT2D eigenvalue weighted by atomic mass is 9.80. The third kappa shape index (κ3) is 3.35. The van der Waals surface area contributed by atoms with Crippen LogP contribution >= 0.6 is 11.6 Å². The first-order valence-electron chi connectivity index (χ1n) is 6.26. The fourth-order valence-corrected chi connectivity index (χ4v) is 3.05. The summed E-state index contributed by atoms with van der Waals surface area (Å²) in [7, 11) is 0. The fraction of sp³-hybridized carbons (Fsp3) is 0.571. The molecule has 0 aromatic heterocycles. The molecule has 94 valence electrons. The molecule has 0 bridgehead atoms. The molecule has 0 radical (unpaired) electrons. The van der Waals surface area contributed by atoms with Crippen molar-refractivity contribution in [3.63, 3.8) is 0 Å². The number of rotatable bonds is 2. The van der Waals surface area contributed by atoms with Crippen molar-refractivity contribution < 1.29 is 4.39 Å². The molecule has 17 heavy (non-hydrogen) atoms. The van der Waals surface area contributed by atoms with Crippen LogP contribution in [0, 0.1) is 17.7 Å². The monoisotopic (exact) mass is 255 g/mol. The van der Waals surface area contributed by atoms with E-state index in [0.717, 1.165) is 12.8 Å². The van der Waals surface area contributed by atoms with Gasteiger partial charge in [0.15, 0.2) is 0 Å². The van der Waals surface area contributed by atoms with E-state index in [1.54, 1.807) is 12.1 Å². The Balaban J connectivity index is 2.04. The lowest BCUT2D eigenvalue weighted by Crippen LogP contribution is -2.30. The minimum Gasteiger partial charge on any atom is -0.380 e. The van der Waals surface area contributed by atoms with Gasteiger partial charge in [0, 0.05) is 11.1 Å². The summed E-state index contributed by atoms with van der Waals surface area (Å²) < 4.78 is 13.7. The van der Waals surface area contributed by atoms with Crippen LogP contribution < -0.4 is 5.32 Å². The minimum absolute atomic E-state index is 0.261. The number of nitrogens with one attached hydrogen (secondary N) is 1. The Morgan fingerprint density at radius 3 is 2.41 bits per heavy atom. The van der Waals surface area contributed by atoms with E-state index in [1.165, 1.54) is 12.5 Å². The molecule has 1 saturated carbocycles. The van der Waals surface area contributed by atoms with Gasteiger partial charge in [-0.1, -0.05) is 25.4 Å². The van der Waals surface area contributed by atoms with E-state index >= 15 is 0 Å². The number of benzene rings is 1. The fourth-order valence-electron chi connectivity index (χ4n) is 2.89. The maximum absolute atomic E-state index is 13.7. The average molecular weight is 256 g/mol. The molecule has 1 N–H and O–H groups in total. The Bertz CT molecular complexity index is 384. The molecule has 1 nitrogen and oxygen atoms in total. The zero-order chi connectivity index (χ0) is 12.4. The number of hydrogen-bond donors (Lipinski definition) is 1. The van der Waals surface area contributed by atoms with Gasteiger partial charge in [-0.15, -0.1) is 0 Å². The van der Waals surface area contributed by atoms with Gasteiger partial charge in [0.2, 0.25) is 0 Å². The molecule has 1 aromatic rings. The second-order valence-corrected chi connectivity index (χ2v) is 5.82. The van der Waals surface area contributed by atoms with E-state index in [1.807, 2.05) is 0 Å². The van der Waals surface area contributed by atoms with Crippen molar-refractivity contribution in [1.82, 2.24) is 0 Å². The van der Waals surface area contributed by atoms with E-state index in [2.05, 4.69) is 19.2 Å². The van der Waals surface area contributed by atoms with Gasteiger partial charge in [-0.3, -0.25) is 0 Å². The third-order valence-corrected chi connectivity index (χ3v) is 3.70. The highest BCUT2D eigenvalue weighted by molar-refractivity contribution is 6.30. The molecular formula is C14H19ClFN. The first-order valence-corrected chi connectivity index (χ1v) is 6.64. The molecule has 2 unspecified atom stereocenters. The molecule has 2 atom stereocenters. The largest absolute Gasteiger partial charge is 0.380 e. The predicted molar refractivity (Wildman–Crippen MR) is 71.0 cm³/mol. The normalized spacial score (nSPS) is 29.1. The van der Waals surface area contributed by atoms with Crippen LogP contribution in [0.5, 0.6) is 0 Å². The summed E-state index contributed by atoms with van der Waals surface area (Å²) in [5.41, 5.74) is 0.570. The number of halogens is 2. The van der Waals surface area contributed by atoms with Crippen LogP contribution in [0.15, 0.2) is 18.2 Å². The molecule has 0 saturated heterocycles. The Hall–Kier alpha value is -0.760. The summed E-state index contributed by atoms with van der Waals surface area (Å²) in [6, 6.07) is 5.19. The Morgan fingerprint density at radius 2 is 1.82 bits per heavy atom. The molecule has 0 amide bonds. The summed E-state index contributed by atoms with van der Waals surface area (Å²) in [4.78, 5) is 0. The maximum atomic E-state index is 13.7. The average Bonchev–Trinajstić information content (AvgIpc) is 2.21. The first-order chi connectivity index (χ1) is 8.04. The Morgan fingerprint density at radius 1 is 1.18 bits per heavy atom. The van der Waals surface area contributed by atoms with Crippen molar-refractivity contribution in [3.05, 3.63) is 29.0 Å². The van der Waals surface area contributed by atoms with Crippen molar-refractivity contribution in [3.8, 4) is 0 Å². The molecule has 1 aliphatic carbocycles. The molecule has 1 fully saturated rings.